The fourth-order valence-corrected chi connectivity index (χ4v) is 3.20. The maximum Gasteiger partial charge on any atom is 0.264 e. The molecule has 0 spiro atoms. The second kappa shape index (κ2) is 5.80. The molecule has 1 N–H and O–H groups in total. The zero-order valence-electron chi connectivity index (χ0n) is 12.5. The number of carbonyl (C=O) groups excluding carboxylic acids is 1. The molecule has 1 saturated heterocycles. The van der Waals surface area contributed by atoms with E-state index in [4.69, 9.17) is 14.2 Å². The van der Waals surface area contributed by atoms with E-state index in [1.54, 1.807) is 0 Å². The predicted octanol–water partition coefficient (Wildman–Crippen LogP) is 1.90. The number of nitrogens with one attached hydrogen (secondary N) is 1. The van der Waals surface area contributed by atoms with E-state index in [0.29, 0.717) is 23.5 Å². The second-order valence-corrected chi connectivity index (χ2v) is 6.34. The van der Waals surface area contributed by atoms with Crippen molar-refractivity contribution in [3.8, 4) is 11.5 Å². The van der Waals surface area contributed by atoms with E-state index in [0.717, 1.165) is 19.4 Å². The first kappa shape index (κ1) is 13.9. The molecule has 1 amide bonds. The highest BCUT2D eigenvalue weighted by Crippen LogP contribution is 2.38. The number of fused-ring (bicyclic) bond motifs is 1. The molecule has 1 aliphatic carbocycles. The molecule has 0 bridgehead atoms. The van der Waals surface area contributed by atoms with Gasteiger partial charge < -0.3 is 19.5 Å². The van der Waals surface area contributed by atoms with E-state index in [9.17, 15) is 4.79 Å². The minimum atomic E-state index is -0.572. The summed E-state index contributed by atoms with van der Waals surface area (Å²) >= 11 is 0. The van der Waals surface area contributed by atoms with Gasteiger partial charge in [0, 0.05) is 12.6 Å². The first-order valence-corrected chi connectivity index (χ1v) is 8.10. The third-order valence-corrected chi connectivity index (χ3v) is 4.61. The van der Waals surface area contributed by atoms with Crippen molar-refractivity contribution in [2.24, 2.45) is 5.92 Å². The summed E-state index contributed by atoms with van der Waals surface area (Å²) in [5.74, 6) is 1.96. The van der Waals surface area contributed by atoms with Gasteiger partial charge in [0.25, 0.3) is 5.91 Å². The molecule has 22 heavy (non-hydrogen) atoms. The van der Waals surface area contributed by atoms with Crippen molar-refractivity contribution < 1.29 is 19.0 Å². The molecule has 0 radical (unpaired) electrons. The third kappa shape index (κ3) is 2.90. The molecule has 1 aromatic carbocycles. The molecule has 3 atom stereocenters. The van der Waals surface area contributed by atoms with Crippen LogP contribution in [0.25, 0.3) is 0 Å². The Kier molecular flexibility index (Phi) is 3.66. The van der Waals surface area contributed by atoms with Crippen molar-refractivity contribution in [2.45, 2.75) is 43.9 Å². The van der Waals surface area contributed by atoms with E-state index in [-0.39, 0.29) is 18.6 Å². The van der Waals surface area contributed by atoms with Gasteiger partial charge in [0.2, 0.25) is 6.10 Å². The number of benzene rings is 1. The van der Waals surface area contributed by atoms with E-state index < -0.39 is 6.10 Å². The summed E-state index contributed by atoms with van der Waals surface area (Å²) in [4.78, 5) is 12.4. The van der Waals surface area contributed by atoms with Gasteiger partial charge in [0.15, 0.2) is 11.5 Å². The first-order chi connectivity index (χ1) is 10.8. The molecule has 5 nitrogen and oxygen atoms in total. The van der Waals surface area contributed by atoms with Gasteiger partial charge in [-0.05, 0) is 43.7 Å². The molecule has 5 heteroatoms. The Morgan fingerprint density at radius 3 is 2.77 bits per heavy atom. The van der Waals surface area contributed by atoms with Crippen LogP contribution < -0.4 is 14.8 Å². The van der Waals surface area contributed by atoms with Gasteiger partial charge >= 0.3 is 0 Å². The minimum Gasteiger partial charge on any atom is -0.485 e. The van der Waals surface area contributed by atoms with Gasteiger partial charge in [-0.1, -0.05) is 12.1 Å². The number of hydrogen-bond acceptors (Lipinski definition) is 4. The van der Waals surface area contributed by atoms with Crippen molar-refractivity contribution >= 4 is 5.91 Å². The van der Waals surface area contributed by atoms with Gasteiger partial charge in [-0.3, -0.25) is 4.79 Å². The first-order valence-electron chi connectivity index (χ1n) is 8.10. The Bertz CT molecular complexity index is 557. The predicted molar refractivity (Wildman–Crippen MR) is 80.0 cm³/mol. The smallest absolute Gasteiger partial charge is 0.264 e. The molecule has 1 saturated carbocycles. The largest absolute Gasteiger partial charge is 0.485 e. The molecule has 2 aliphatic heterocycles. The van der Waals surface area contributed by atoms with E-state index >= 15 is 0 Å². The molecule has 4 rings (SSSR count). The highest BCUT2D eigenvalue weighted by molar-refractivity contribution is 5.82. The van der Waals surface area contributed by atoms with Crippen molar-refractivity contribution in [1.29, 1.82) is 0 Å². The highest BCUT2D eigenvalue weighted by atomic mass is 16.6. The lowest BCUT2D eigenvalue weighted by atomic mass is 10.00. The van der Waals surface area contributed by atoms with Crippen LogP contribution in [-0.2, 0) is 9.53 Å². The van der Waals surface area contributed by atoms with Crippen LogP contribution in [0.1, 0.15) is 25.7 Å². The van der Waals surface area contributed by atoms with Crippen LogP contribution >= 0.6 is 0 Å². The van der Waals surface area contributed by atoms with Crippen LogP contribution in [0, 0.1) is 5.92 Å². The van der Waals surface area contributed by atoms with Crippen molar-refractivity contribution in [2.75, 3.05) is 13.2 Å². The third-order valence-electron chi connectivity index (χ3n) is 4.61. The van der Waals surface area contributed by atoms with Gasteiger partial charge in [0.05, 0.1) is 6.10 Å². The molecule has 2 heterocycles. The Morgan fingerprint density at radius 2 is 1.95 bits per heavy atom. The summed E-state index contributed by atoms with van der Waals surface area (Å²) in [5.41, 5.74) is 0. The number of rotatable bonds is 3. The summed E-state index contributed by atoms with van der Waals surface area (Å²) in [6, 6.07) is 7.63. The van der Waals surface area contributed by atoms with Crippen molar-refractivity contribution in [3.05, 3.63) is 24.3 Å². The summed E-state index contributed by atoms with van der Waals surface area (Å²) in [5, 5.41) is 3.11. The summed E-state index contributed by atoms with van der Waals surface area (Å²) in [6.45, 7) is 0.995. The maximum atomic E-state index is 12.4. The molecule has 1 aromatic rings. The summed E-state index contributed by atoms with van der Waals surface area (Å²) < 4.78 is 17.2. The average Bonchev–Trinajstić information content (AvgIpc) is 3.39. The summed E-state index contributed by atoms with van der Waals surface area (Å²) in [7, 11) is 0. The molecule has 0 aromatic heterocycles. The van der Waals surface area contributed by atoms with Crippen LogP contribution in [0.4, 0.5) is 0 Å². The van der Waals surface area contributed by atoms with E-state index in [2.05, 4.69) is 5.32 Å². The zero-order valence-corrected chi connectivity index (χ0v) is 12.5. The number of ether oxygens (including phenoxy) is 3. The standard InChI is InChI=1S/C17H21NO4/c19-17(16-10-21-13-3-1-2-4-14(13)22-16)18-12-7-8-20-15(9-12)11-5-6-11/h1-4,11-12,15-16H,5-10H2,(H,18,19). The lowest BCUT2D eigenvalue weighted by Gasteiger charge is -2.32. The highest BCUT2D eigenvalue weighted by Gasteiger charge is 2.37. The van der Waals surface area contributed by atoms with Crippen molar-refractivity contribution in [3.63, 3.8) is 0 Å². The normalized spacial score (nSPS) is 30.6. The minimum absolute atomic E-state index is 0.0871. The Hall–Kier alpha value is -1.75. The fourth-order valence-electron chi connectivity index (χ4n) is 3.20. The van der Waals surface area contributed by atoms with Crippen LogP contribution in [0.15, 0.2) is 24.3 Å². The lowest BCUT2D eigenvalue weighted by Crippen LogP contribution is -2.50. The SMILES string of the molecule is O=C(NC1CCOC(C2CC2)C1)C1COc2ccccc2O1. The number of para-hydroxylation sites is 2. The second-order valence-electron chi connectivity index (χ2n) is 6.34. The Labute approximate surface area is 129 Å². The number of carbonyl (C=O) groups is 1. The molecule has 3 aliphatic rings. The van der Waals surface area contributed by atoms with Gasteiger partial charge in [-0.25, -0.2) is 0 Å². The van der Waals surface area contributed by atoms with Gasteiger partial charge in [0.1, 0.15) is 6.61 Å². The molecule has 2 fully saturated rings. The van der Waals surface area contributed by atoms with Crippen LogP contribution in [0.3, 0.4) is 0 Å². The molecule has 3 unspecified atom stereocenters. The van der Waals surface area contributed by atoms with Crippen LogP contribution in [0.2, 0.25) is 0 Å². The number of hydrogen-bond donors (Lipinski definition) is 1. The van der Waals surface area contributed by atoms with Gasteiger partial charge in [-0.2, -0.15) is 0 Å². The monoisotopic (exact) mass is 303 g/mol. The van der Waals surface area contributed by atoms with Crippen molar-refractivity contribution in [1.82, 2.24) is 5.32 Å². The molecular formula is C17H21NO4. The van der Waals surface area contributed by atoms with Crippen LogP contribution in [0.5, 0.6) is 11.5 Å². The van der Waals surface area contributed by atoms with Crippen LogP contribution in [-0.4, -0.2) is 37.4 Å². The van der Waals surface area contributed by atoms with E-state index in [1.807, 2.05) is 24.3 Å². The summed E-state index contributed by atoms with van der Waals surface area (Å²) in [6.07, 6.45) is 4.07. The quantitative estimate of drug-likeness (QED) is 0.926. The number of amides is 1. The van der Waals surface area contributed by atoms with E-state index in [1.165, 1.54) is 12.8 Å². The fraction of sp³-hybridized carbons (Fsp3) is 0.588. The maximum absolute atomic E-state index is 12.4. The lowest BCUT2D eigenvalue weighted by molar-refractivity contribution is -0.132. The Balaban J connectivity index is 1.34. The Morgan fingerprint density at radius 1 is 1.14 bits per heavy atom. The average molecular weight is 303 g/mol. The molecular weight excluding hydrogens is 282 g/mol. The zero-order chi connectivity index (χ0) is 14.9. The molecule has 118 valence electrons. The topological polar surface area (TPSA) is 56.8 Å². The van der Waals surface area contributed by atoms with Gasteiger partial charge in [-0.15, -0.1) is 0 Å².